The summed E-state index contributed by atoms with van der Waals surface area (Å²) in [5.41, 5.74) is 0. The number of likely N-dealkylation sites (tertiary alicyclic amines) is 1. The van der Waals surface area contributed by atoms with Crippen molar-refractivity contribution in [2.45, 2.75) is 37.1 Å². The van der Waals surface area contributed by atoms with Crippen LogP contribution in [0.2, 0.25) is 0 Å². The molecule has 0 aliphatic carbocycles. The zero-order valence-electron chi connectivity index (χ0n) is 12.5. The highest BCUT2D eigenvalue weighted by molar-refractivity contribution is 9.10. The maximum atomic E-state index is 12.0. The largest absolute Gasteiger partial charge is 0.350 e. The highest BCUT2D eigenvalue weighted by atomic mass is 79.9. The molecule has 1 fully saturated rings. The van der Waals surface area contributed by atoms with Gasteiger partial charge in [0.05, 0.1) is 12.6 Å². The number of piperidine rings is 1. The quantitative estimate of drug-likeness (QED) is 0.593. The molecule has 0 spiro atoms. The molecule has 1 aromatic rings. The second-order valence-electron chi connectivity index (χ2n) is 5.63. The zero-order chi connectivity index (χ0) is 15.1. The topological polar surface area (TPSA) is 33.5 Å². The second-order valence-corrected chi connectivity index (χ2v) is 7.72. The smallest absolute Gasteiger partial charge is 0.275 e. The Hall–Kier alpha value is -0.520. The standard InChI is InChI=1S/C16H23BrN2OS/c1-13-4-2-3-10-19(13)12-16(20)18-9-11-21-15-7-5-14(17)6-8-15/h5-8,13H,2-4,9-12H2,1H3,(H,18,20)/p+1/t13-/m0/s1. The molecule has 1 unspecified atom stereocenters. The van der Waals surface area contributed by atoms with Crippen molar-refractivity contribution < 1.29 is 9.69 Å². The van der Waals surface area contributed by atoms with E-state index in [1.165, 1.54) is 29.1 Å². The van der Waals surface area contributed by atoms with E-state index in [0.717, 1.165) is 23.3 Å². The third-order valence-corrected chi connectivity index (χ3v) is 5.52. The maximum Gasteiger partial charge on any atom is 0.275 e. The number of thioether (sulfide) groups is 1. The summed E-state index contributed by atoms with van der Waals surface area (Å²) in [6.07, 6.45) is 3.82. The Balaban J connectivity index is 1.61. The van der Waals surface area contributed by atoms with Gasteiger partial charge in [-0.05, 0) is 50.5 Å². The van der Waals surface area contributed by atoms with Gasteiger partial charge >= 0.3 is 0 Å². The molecule has 1 aromatic carbocycles. The van der Waals surface area contributed by atoms with Gasteiger partial charge in [-0.1, -0.05) is 15.9 Å². The molecule has 0 radical (unpaired) electrons. The van der Waals surface area contributed by atoms with E-state index >= 15 is 0 Å². The molecule has 0 saturated carbocycles. The molecule has 2 atom stereocenters. The van der Waals surface area contributed by atoms with Gasteiger partial charge in [-0.15, -0.1) is 11.8 Å². The molecular formula is C16H24BrN2OS+. The van der Waals surface area contributed by atoms with Crippen LogP contribution in [0.15, 0.2) is 33.6 Å². The summed E-state index contributed by atoms with van der Waals surface area (Å²) in [6.45, 7) is 4.76. The lowest BCUT2D eigenvalue weighted by Crippen LogP contribution is -3.17. The zero-order valence-corrected chi connectivity index (χ0v) is 14.9. The number of quaternary nitrogens is 1. The second kappa shape index (κ2) is 8.81. The van der Waals surface area contributed by atoms with Gasteiger partial charge in [0.1, 0.15) is 0 Å². The minimum atomic E-state index is 0.190. The lowest BCUT2D eigenvalue weighted by Gasteiger charge is -2.29. The molecule has 3 nitrogen and oxygen atoms in total. The van der Waals surface area contributed by atoms with Crippen LogP contribution in [0, 0.1) is 0 Å². The molecule has 5 heteroatoms. The van der Waals surface area contributed by atoms with Crippen molar-refractivity contribution in [1.82, 2.24) is 5.32 Å². The van der Waals surface area contributed by atoms with Crippen molar-refractivity contribution in [2.24, 2.45) is 0 Å². The Morgan fingerprint density at radius 2 is 2.14 bits per heavy atom. The average Bonchev–Trinajstić information content (AvgIpc) is 2.48. The highest BCUT2D eigenvalue weighted by Crippen LogP contribution is 2.19. The van der Waals surface area contributed by atoms with Crippen molar-refractivity contribution in [3.63, 3.8) is 0 Å². The molecule has 21 heavy (non-hydrogen) atoms. The fourth-order valence-corrected chi connectivity index (χ4v) is 3.71. The van der Waals surface area contributed by atoms with E-state index < -0.39 is 0 Å². The molecular weight excluding hydrogens is 348 g/mol. The number of halogens is 1. The van der Waals surface area contributed by atoms with Crippen LogP contribution in [0.25, 0.3) is 0 Å². The molecule has 116 valence electrons. The number of hydrogen-bond donors (Lipinski definition) is 2. The Morgan fingerprint density at radius 1 is 1.38 bits per heavy atom. The van der Waals surface area contributed by atoms with Crippen molar-refractivity contribution in [3.05, 3.63) is 28.7 Å². The molecule has 2 N–H and O–H groups in total. The number of carbonyl (C=O) groups is 1. The number of nitrogens with one attached hydrogen (secondary N) is 2. The summed E-state index contributed by atoms with van der Waals surface area (Å²) in [5.74, 6) is 1.10. The summed E-state index contributed by atoms with van der Waals surface area (Å²) >= 11 is 5.21. The van der Waals surface area contributed by atoms with Gasteiger partial charge in [-0.2, -0.15) is 0 Å². The summed E-state index contributed by atoms with van der Waals surface area (Å²) in [6, 6.07) is 8.90. The van der Waals surface area contributed by atoms with Crippen molar-refractivity contribution in [2.75, 3.05) is 25.4 Å². The highest BCUT2D eigenvalue weighted by Gasteiger charge is 2.23. The van der Waals surface area contributed by atoms with Gasteiger partial charge in [-0.25, -0.2) is 0 Å². The van der Waals surface area contributed by atoms with Gasteiger partial charge in [0, 0.05) is 21.7 Å². The third kappa shape index (κ3) is 6.01. The molecule has 1 amide bonds. The molecule has 2 rings (SSSR count). The van der Waals surface area contributed by atoms with Gasteiger partial charge in [0.2, 0.25) is 0 Å². The van der Waals surface area contributed by atoms with Crippen LogP contribution in [0.3, 0.4) is 0 Å². The first kappa shape index (κ1) is 16.8. The number of amides is 1. The van der Waals surface area contributed by atoms with E-state index in [4.69, 9.17) is 0 Å². The van der Waals surface area contributed by atoms with E-state index in [1.54, 1.807) is 11.8 Å². The van der Waals surface area contributed by atoms with Crippen LogP contribution >= 0.6 is 27.7 Å². The Kier molecular flexibility index (Phi) is 7.07. The molecule has 1 aliphatic rings. The van der Waals surface area contributed by atoms with Gasteiger partial charge < -0.3 is 10.2 Å². The molecule has 1 aliphatic heterocycles. The number of rotatable bonds is 6. The monoisotopic (exact) mass is 371 g/mol. The summed E-state index contributed by atoms with van der Waals surface area (Å²) in [5, 5.41) is 3.04. The maximum absolute atomic E-state index is 12.0. The summed E-state index contributed by atoms with van der Waals surface area (Å²) in [7, 11) is 0. The first-order valence-corrected chi connectivity index (χ1v) is 9.42. The SMILES string of the molecule is C[C@H]1CCCC[NH+]1CC(=O)NCCSc1ccc(Br)cc1. The Labute approximate surface area is 140 Å². The summed E-state index contributed by atoms with van der Waals surface area (Å²) < 4.78 is 1.10. The average molecular weight is 372 g/mol. The minimum Gasteiger partial charge on any atom is -0.350 e. The number of hydrogen-bond acceptors (Lipinski definition) is 2. The lowest BCUT2D eigenvalue weighted by atomic mass is 10.0. The van der Waals surface area contributed by atoms with E-state index in [2.05, 4.69) is 40.3 Å². The first-order valence-electron chi connectivity index (χ1n) is 7.65. The predicted octanol–water partition coefficient (Wildman–Crippen LogP) is 2.11. The minimum absolute atomic E-state index is 0.190. The predicted molar refractivity (Wildman–Crippen MR) is 91.9 cm³/mol. The van der Waals surface area contributed by atoms with Crippen LogP contribution in [0.1, 0.15) is 26.2 Å². The molecule has 1 saturated heterocycles. The molecule has 1 heterocycles. The van der Waals surface area contributed by atoms with Crippen molar-refractivity contribution in [1.29, 1.82) is 0 Å². The molecule has 0 bridgehead atoms. The Bertz CT molecular complexity index is 452. The van der Waals surface area contributed by atoms with E-state index in [1.807, 2.05) is 12.1 Å². The van der Waals surface area contributed by atoms with Crippen LogP contribution < -0.4 is 10.2 Å². The van der Waals surface area contributed by atoms with Crippen molar-refractivity contribution in [3.8, 4) is 0 Å². The van der Waals surface area contributed by atoms with Crippen molar-refractivity contribution >= 4 is 33.6 Å². The van der Waals surface area contributed by atoms with Crippen LogP contribution in [0.5, 0.6) is 0 Å². The Morgan fingerprint density at radius 3 is 2.86 bits per heavy atom. The lowest BCUT2D eigenvalue weighted by molar-refractivity contribution is -0.920. The normalized spacial score (nSPS) is 22.0. The number of carbonyl (C=O) groups excluding carboxylic acids is 1. The third-order valence-electron chi connectivity index (χ3n) is 3.98. The van der Waals surface area contributed by atoms with E-state index in [0.29, 0.717) is 12.6 Å². The number of benzene rings is 1. The summed E-state index contributed by atoms with van der Waals surface area (Å²) in [4.78, 5) is 14.6. The van der Waals surface area contributed by atoms with Gasteiger partial charge in [0.25, 0.3) is 5.91 Å². The van der Waals surface area contributed by atoms with Crippen LogP contribution in [0.4, 0.5) is 0 Å². The van der Waals surface area contributed by atoms with Crippen LogP contribution in [-0.4, -0.2) is 37.3 Å². The van der Waals surface area contributed by atoms with E-state index in [-0.39, 0.29) is 5.91 Å². The first-order chi connectivity index (χ1) is 10.1. The van der Waals surface area contributed by atoms with Gasteiger partial charge in [0.15, 0.2) is 6.54 Å². The van der Waals surface area contributed by atoms with E-state index in [9.17, 15) is 4.79 Å². The fourth-order valence-electron chi connectivity index (χ4n) is 2.67. The fraction of sp³-hybridized carbons (Fsp3) is 0.562. The van der Waals surface area contributed by atoms with Crippen LogP contribution in [-0.2, 0) is 4.79 Å². The van der Waals surface area contributed by atoms with Gasteiger partial charge in [-0.3, -0.25) is 4.79 Å². The molecule has 0 aromatic heterocycles.